The van der Waals surface area contributed by atoms with Gasteiger partial charge in [0.25, 0.3) is 11.5 Å². The molecule has 1 N–H and O–H groups in total. The molecule has 0 radical (unpaired) electrons. The number of aromatic nitrogens is 3. The first kappa shape index (κ1) is 24.5. The van der Waals surface area contributed by atoms with Gasteiger partial charge in [-0.2, -0.15) is 0 Å². The molecule has 9 nitrogen and oxygen atoms in total. The summed E-state index contributed by atoms with van der Waals surface area (Å²) in [6.07, 6.45) is 6.56. The molecule has 4 rings (SSSR count). The number of nitrogens with zero attached hydrogens (tertiary/aromatic N) is 4. The van der Waals surface area contributed by atoms with Crippen molar-refractivity contribution in [2.75, 3.05) is 33.9 Å². The standard InChI is InChI=1S/C25H30FN5O4/c1-34-21-5-4-18(14-19(21)26)16-29-10-6-20-24(22(35-2)15-23(32)31(20)13-12-29)25(33)28-7-3-9-30-11-8-27-17-30/h4-5,8,11,14-15,17H,3,6-7,9-10,12-13,16H2,1-2H3,(H,28,33). The monoisotopic (exact) mass is 483 g/mol. The molecule has 0 saturated heterocycles. The predicted molar refractivity (Wildman–Crippen MR) is 128 cm³/mol. The van der Waals surface area contributed by atoms with Gasteiger partial charge in [-0.15, -0.1) is 0 Å². The maximum absolute atomic E-state index is 14.1. The Kier molecular flexibility index (Phi) is 7.81. The molecule has 2 aromatic heterocycles. The van der Waals surface area contributed by atoms with Crippen LogP contribution in [0.15, 0.2) is 47.8 Å². The second-order valence-corrected chi connectivity index (χ2v) is 8.43. The van der Waals surface area contributed by atoms with E-state index in [1.165, 1.54) is 26.4 Å². The summed E-state index contributed by atoms with van der Waals surface area (Å²) < 4.78 is 28.2. The van der Waals surface area contributed by atoms with Crippen LogP contribution < -0.4 is 20.3 Å². The first-order chi connectivity index (χ1) is 17.0. The maximum Gasteiger partial charge on any atom is 0.256 e. The van der Waals surface area contributed by atoms with Crippen LogP contribution in [-0.4, -0.2) is 58.8 Å². The van der Waals surface area contributed by atoms with E-state index in [4.69, 9.17) is 9.47 Å². The molecule has 0 atom stereocenters. The van der Waals surface area contributed by atoms with Crippen molar-refractivity contribution in [3.05, 3.63) is 76.0 Å². The van der Waals surface area contributed by atoms with Gasteiger partial charge < -0.3 is 23.9 Å². The second kappa shape index (κ2) is 11.2. The summed E-state index contributed by atoms with van der Waals surface area (Å²) in [7, 11) is 2.90. The fourth-order valence-corrected chi connectivity index (χ4v) is 4.39. The summed E-state index contributed by atoms with van der Waals surface area (Å²) in [6.45, 7) is 3.38. The molecule has 1 aliphatic rings. The zero-order chi connectivity index (χ0) is 24.8. The van der Waals surface area contributed by atoms with E-state index in [0.29, 0.717) is 50.4 Å². The van der Waals surface area contributed by atoms with Gasteiger partial charge in [0.05, 0.1) is 20.5 Å². The van der Waals surface area contributed by atoms with Crippen LogP contribution in [0.3, 0.4) is 0 Å². The molecule has 1 aliphatic heterocycles. The molecule has 0 aliphatic carbocycles. The topological polar surface area (TPSA) is 90.6 Å². The van der Waals surface area contributed by atoms with Crippen molar-refractivity contribution in [2.45, 2.75) is 32.5 Å². The predicted octanol–water partition coefficient (Wildman–Crippen LogP) is 2.08. The first-order valence-electron chi connectivity index (χ1n) is 11.6. The molecule has 186 valence electrons. The zero-order valence-corrected chi connectivity index (χ0v) is 20.0. The number of methoxy groups -OCH3 is 2. The third-order valence-electron chi connectivity index (χ3n) is 6.19. The number of pyridine rings is 1. The average Bonchev–Trinajstić information content (AvgIpc) is 3.28. The van der Waals surface area contributed by atoms with Crippen LogP contribution in [0.25, 0.3) is 0 Å². The number of hydrogen-bond acceptors (Lipinski definition) is 6. The van der Waals surface area contributed by atoms with E-state index in [-0.39, 0.29) is 23.0 Å². The van der Waals surface area contributed by atoms with Crippen molar-refractivity contribution in [3.8, 4) is 11.5 Å². The Labute approximate surface area is 203 Å². The highest BCUT2D eigenvalue weighted by Gasteiger charge is 2.25. The smallest absolute Gasteiger partial charge is 0.256 e. The van der Waals surface area contributed by atoms with Crippen LogP contribution >= 0.6 is 0 Å². The number of nitrogens with one attached hydrogen (secondary N) is 1. The third-order valence-corrected chi connectivity index (χ3v) is 6.19. The number of carbonyl (C=O) groups excluding carboxylic acids is 1. The molecular weight excluding hydrogens is 453 g/mol. The van der Waals surface area contributed by atoms with E-state index in [9.17, 15) is 14.0 Å². The fraction of sp³-hybridized carbons (Fsp3) is 0.400. The number of benzene rings is 1. The van der Waals surface area contributed by atoms with Crippen LogP contribution in [0.5, 0.6) is 11.5 Å². The average molecular weight is 484 g/mol. The van der Waals surface area contributed by atoms with Gasteiger partial charge >= 0.3 is 0 Å². The quantitative estimate of drug-likeness (QED) is 0.469. The van der Waals surface area contributed by atoms with Crippen LogP contribution in [-0.2, 0) is 26.1 Å². The molecule has 0 saturated carbocycles. The molecule has 35 heavy (non-hydrogen) atoms. The fourth-order valence-electron chi connectivity index (χ4n) is 4.39. The number of halogens is 1. The zero-order valence-electron chi connectivity index (χ0n) is 20.0. The van der Waals surface area contributed by atoms with Crippen LogP contribution in [0, 0.1) is 5.82 Å². The normalized spacial score (nSPS) is 13.7. The summed E-state index contributed by atoms with van der Waals surface area (Å²) in [6, 6.07) is 6.28. The molecule has 0 bridgehead atoms. The van der Waals surface area contributed by atoms with Crippen molar-refractivity contribution in [1.82, 2.24) is 24.3 Å². The van der Waals surface area contributed by atoms with E-state index in [0.717, 1.165) is 18.5 Å². The summed E-state index contributed by atoms with van der Waals surface area (Å²) >= 11 is 0. The number of aryl methyl sites for hydroxylation is 1. The Morgan fingerprint density at radius 2 is 1.97 bits per heavy atom. The lowest BCUT2D eigenvalue weighted by atomic mass is 10.1. The lowest BCUT2D eigenvalue weighted by Crippen LogP contribution is -2.32. The Hall–Kier alpha value is -3.66. The van der Waals surface area contributed by atoms with Gasteiger partial charge in [0.2, 0.25) is 0 Å². The minimum atomic E-state index is -0.406. The maximum atomic E-state index is 14.1. The lowest BCUT2D eigenvalue weighted by molar-refractivity contribution is 0.0947. The van der Waals surface area contributed by atoms with Gasteiger partial charge in [0.1, 0.15) is 11.3 Å². The Bertz CT molecular complexity index is 1230. The lowest BCUT2D eigenvalue weighted by Gasteiger charge is -2.19. The van der Waals surface area contributed by atoms with E-state index in [1.807, 2.05) is 16.8 Å². The summed E-state index contributed by atoms with van der Waals surface area (Å²) in [4.78, 5) is 32.1. The van der Waals surface area contributed by atoms with Crippen LogP contribution in [0.2, 0.25) is 0 Å². The molecule has 3 heterocycles. The number of rotatable bonds is 9. The number of imidazole rings is 1. The van der Waals surface area contributed by atoms with Crippen molar-refractivity contribution in [1.29, 1.82) is 0 Å². The Morgan fingerprint density at radius 1 is 1.14 bits per heavy atom. The molecule has 10 heteroatoms. The highest BCUT2D eigenvalue weighted by Crippen LogP contribution is 2.24. The SMILES string of the molecule is COc1ccc(CN2CCc3c(C(=O)NCCCn4ccnc4)c(OC)cc(=O)n3CC2)cc1F. The van der Waals surface area contributed by atoms with Crippen molar-refractivity contribution < 1.29 is 18.7 Å². The summed E-state index contributed by atoms with van der Waals surface area (Å²) in [5.74, 6) is -0.187. The third kappa shape index (κ3) is 5.71. The summed E-state index contributed by atoms with van der Waals surface area (Å²) in [5.41, 5.74) is 1.66. The number of carbonyl (C=O) groups is 1. The highest BCUT2D eigenvalue weighted by molar-refractivity contribution is 5.98. The van der Waals surface area contributed by atoms with Crippen molar-refractivity contribution >= 4 is 5.91 Å². The number of fused-ring (bicyclic) bond motifs is 1. The molecule has 0 fully saturated rings. The Balaban J connectivity index is 1.48. The van der Waals surface area contributed by atoms with Crippen LogP contribution in [0.4, 0.5) is 4.39 Å². The van der Waals surface area contributed by atoms with Gasteiger partial charge in [-0.3, -0.25) is 14.5 Å². The molecule has 0 spiro atoms. The van der Waals surface area contributed by atoms with Gasteiger partial charge in [-0.25, -0.2) is 9.37 Å². The molecule has 3 aromatic rings. The number of hydrogen-bond donors (Lipinski definition) is 1. The molecule has 0 unspecified atom stereocenters. The van der Waals surface area contributed by atoms with Gasteiger partial charge in [0, 0.05) is 69.8 Å². The van der Waals surface area contributed by atoms with Crippen LogP contribution in [0.1, 0.15) is 28.0 Å². The van der Waals surface area contributed by atoms with Gasteiger partial charge in [0.15, 0.2) is 11.6 Å². The van der Waals surface area contributed by atoms with E-state index in [1.54, 1.807) is 23.2 Å². The minimum absolute atomic E-state index is 0.203. The van der Waals surface area contributed by atoms with Crippen molar-refractivity contribution in [3.63, 3.8) is 0 Å². The van der Waals surface area contributed by atoms with E-state index in [2.05, 4.69) is 15.2 Å². The number of amides is 1. The summed E-state index contributed by atoms with van der Waals surface area (Å²) in [5, 5.41) is 2.96. The Morgan fingerprint density at radius 3 is 2.69 bits per heavy atom. The largest absolute Gasteiger partial charge is 0.496 e. The van der Waals surface area contributed by atoms with Gasteiger partial charge in [-0.05, 0) is 24.1 Å². The van der Waals surface area contributed by atoms with E-state index < -0.39 is 5.82 Å². The number of ether oxygens (including phenoxy) is 2. The van der Waals surface area contributed by atoms with E-state index >= 15 is 0 Å². The van der Waals surface area contributed by atoms with Gasteiger partial charge in [-0.1, -0.05) is 6.07 Å². The highest BCUT2D eigenvalue weighted by atomic mass is 19.1. The molecule has 1 aromatic carbocycles. The molecular formula is C25H30FN5O4. The second-order valence-electron chi connectivity index (χ2n) is 8.43. The minimum Gasteiger partial charge on any atom is -0.496 e. The first-order valence-corrected chi connectivity index (χ1v) is 11.6. The van der Waals surface area contributed by atoms with Crippen molar-refractivity contribution in [2.24, 2.45) is 0 Å². The molecule has 1 amide bonds.